The van der Waals surface area contributed by atoms with Crippen molar-refractivity contribution in [3.8, 4) is 28.4 Å². The maximum absolute atomic E-state index is 6.06. The Kier molecular flexibility index (Phi) is 7.73. The van der Waals surface area contributed by atoms with Crippen LogP contribution in [0, 0.1) is 0 Å². The van der Waals surface area contributed by atoms with Crippen LogP contribution in [0.25, 0.3) is 21.9 Å². The maximum atomic E-state index is 6.06. The molecule has 5 rings (SSSR count). The second-order valence-corrected chi connectivity index (χ2v) is 9.48. The van der Waals surface area contributed by atoms with Crippen molar-refractivity contribution in [3.63, 3.8) is 0 Å². The summed E-state index contributed by atoms with van der Waals surface area (Å²) in [5.41, 5.74) is 4.92. The highest BCUT2D eigenvalue weighted by molar-refractivity contribution is 5.93. The summed E-state index contributed by atoms with van der Waals surface area (Å²) in [7, 11) is 3.42. The van der Waals surface area contributed by atoms with Gasteiger partial charge in [0.15, 0.2) is 0 Å². The van der Waals surface area contributed by atoms with E-state index in [1.165, 1.54) is 59.8 Å². The molecule has 1 aliphatic rings. The van der Waals surface area contributed by atoms with E-state index in [1.54, 1.807) is 14.2 Å². The Hall–Kier alpha value is -3.50. The first kappa shape index (κ1) is 24.2. The van der Waals surface area contributed by atoms with Gasteiger partial charge in [-0.3, -0.25) is 4.90 Å². The Balaban J connectivity index is 1.39. The van der Waals surface area contributed by atoms with Crippen LogP contribution in [-0.4, -0.2) is 45.4 Å². The average Bonchev–Trinajstić information content (AvgIpc) is 2.94. The van der Waals surface area contributed by atoms with Gasteiger partial charge in [-0.1, -0.05) is 48.9 Å². The summed E-state index contributed by atoms with van der Waals surface area (Å²) in [6.45, 7) is 4.15. The molecule has 4 nitrogen and oxygen atoms in total. The highest BCUT2D eigenvalue weighted by atomic mass is 16.5. The lowest BCUT2D eigenvalue weighted by atomic mass is 9.90. The number of fused-ring (bicyclic) bond motifs is 1. The lowest BCUT2D eigenvalue weighted by Crippen LogP contribution is -2.33. The van der Waals surface area contributed by atoms with Crippen LogP contribution in [0.5, 0.6) is 17.2 Å². The third-order valence-corrected chi connectivity index (χ3v) is 7.15. The van der Waals surface area contributed by atoms with Crippen LogP contribution in [0.15, 0.2) is 78.9 Å². The van der Waals surface area contributed by atoms with E-state index in [0.717, 1.165) is 42.4 Å². The molecule has 1 saturated heterocycles. The maximum Gasteiger partial charge on any atom is 0.119 e. The molecule has 36 heavy (non-hydrogen) atoms. The molecule has 0 aromatic heterocycles. The SMILES string of the molecule is COc1cccc(-c2ccc3cc(OC)ccc3c2Cc2ccc(OCCN3CCCCC3)cc2)c1. The first-order valence-corrected chi connectivity index (χ1v) is 12.9. The number of likely N-dealkylation sites (tertiary alicyclic amines) is 1. The predicted octanol–water partition coefficient (Wildman–Crippen LogP) is 6.98. The molecular formula is C32H35NO3. The number of ether oxygens (including phenoxy) is 3. The van der Waals surface area contributed by atoms with Crippen molar-refractivity contribution < 1.29 is 14.2 Å². The van der Waals surface area contributed by atoms with Gasteiger partial charge in [-0.25, -0.2) is 0 Å². The molecule has 4 aromatic carbocycles. The van der Waals surface area contributed by atoms with E-state index in [9.17, 15) is 0 Å². The minimum absolute atomic E-state index is 0.741. The highest BCUT2D eigenvalue weighted by Crippen LogP contribution is 2.35. The molecule has 186 valence electrons. The van der Waals surface area contributed by atoms with Gasteiger partial charge < -0.3 is 14.2 Å². The number of benzene rings is 4. The second kappa shape index (κ2) is 11.5. The van der Waals surface area contributed by atoms with Gasteiger partial charge in [-0.2, -0.15) is 0 Å². The molecule has 1 fully saturated rings. The summed E-state index contributed by atoms with van der Waals surface area (Å²) in [5, 5.41) is 2.41. The Morgan fingerprint density at radius 2 is 1.47 bits per heavy atom. The van der Waals surface area contributed by atoms with E-state index < -0.39 is 0 Å². The van der Waals surface area contributed by atoms with Gasteiger partial charge in [0.25, 0.3) is 0 Å². The Morgan fingerprint density at radius 3 is 2.25 bits per heavy atom. The van der Waals surface area contributed by atoms with Gasteiger partial charge in [-0.15, -0.1) is 0 Å². The van der Waals surface area contributed by atoms with Crippen molar-refractivity contribution in [1.29, 1.82) is 0 Å². The number of methoxy groups -OCH3 is 2. The van der Waals surface area contributed by atoms with Gasteiger partial charge in [0.2, 0.25) is 0 Å². The average molecular weight is 482 g/mol. The quantitative estimate of drug-likeness (QED) is 0.258. The summed E-state index contributed by atoms with van der Waals surface area (Å²) in [6, 6.07) is 27.6. The molecule has 0 unspecified atom stereocenters. The third-order valence-electron chi connectivity index (χ3n) is 7.15. The van der Waals surface area contributed by atoms with E-state index >= 15 is 0 Å². The zero-order valence-electron chi connectivity index (χ0n) is 21.3. The lowest BCUT2D eigenvalue weighted by molar-refractivity contribution is 0.183. The molecule has 0 amide bonds. The van der Waals surface area contributed by atoms with Crippen molar-refractivity contribution in [3.05, 3.63) is 90.0 Å². The molecule has 4 aromatic rings. The molecule has 4 heteroatoms. The van der Waals surface area contributed by atoms with Gasteiger partial charge in [0.1, 0.15) is 23.9 Å². The van der Waals surface area contributed by atoms with E-state index in [0.29, 0.717) is 0 Å². The van der Waals surface area contributed by atoms with Crippen molar-refractivity contribution in [1.82, 2.24) is 4.90 Å². The van der Waals surface area contributed by atoms with E-state index in [1.807, 2.05) is 18.2 Å². The Labute approximate surface area is 214 Å². The summed E-state index contributed by atoms with van der Waals surface area (Å²) in [6.07, 6.45) is 4.81. The molecule has 0 atom stereocenters. The smallest absolute Gasteiger partial charge is 0.119 e. The molecule has 0 aliphatic carbocycles. The standard InChI is InChI=1S/C32H35NO3/c1-34-28-8-6-7-25(22-28)30-15-11-26-23-29(35-2)14-16-31(26)32(30)21-24-9-12-27(13-10-24)36-20-19-33-17-4-3-5-18-33/h6-16,22-23H,3-5,17-21H2,1-2H3. The van der Waals surface area contributed by atoms with Crippen molar-refractivity contribution in [2.24, 2.45) is 0 Å². The fourth-order valence-corrected chi connectivity index (χ4v) is 5.13. The first-order chi connectivity index (χ1) is 17.7. The highest BCUT2D eigenvalue weighted by Gasteiger charge is 2.13. The zero-order valence-corrected chi connectivity index (χ0v) is 21.3. The third kappa shape index (κ3) is 5.66. The summed E-state index contributed by atoms with van der Waals surface area (Å²) in [5.74, 6) is 2.67. The van der Waals surface area contributed by atoms with Crippen molar-refractivity contribution >= 4 is 10.8 Å². The Bertz CT molecular complexity index is 1290. The van der Waals surface area contributed by atoms with E-state index in [-0.39, 0.29) is 0 Å². The lowest BCUT2D eigenvalue weighted by Gasteiger charge is -2.26. The van der Waals surface area contributed by atoms with Crippen LogP contribution in [0.2, 0.25) is 0 Å². The summed E-state index contributed by atoms with van der Waals surface area (Å²) < 4.78 is 17.0. The van der Waals surface area contributed by atoms with Crippen LogP contribution in [0.1, 0.15) is 30.4 Å². The van der Waals surface area contributed by atoms with Crippen molar-refractivity contribution in [2.45, 2.75) is 25.7 Å². The molecule has 0 spiro atoms. The molecule has 0 bridgehead atoms. The van der Waals surface area contributed by atoms with Crippen molar-refractivity contribution in [2.75, 3.05) is 40.5 Å². The van der Waals surface area contributed by atoms with Crippen LogP contribution in [0.3, 0.4) is 0 Å². The van der Waals surface area contributed by atoms with Gasteiger partial charge >= 0.3 is 0 Å². The molecular weight excluding hydrogens is 446 g/mol. The molecule has 1 heterocycles. The van der Waals surface area contributed by atoms with Gasteiger partial charge in [0, 0.05) is 6.54 Å². The molecule has 0 radical (unpaired) electrons. The summed E-state index contributed by atoms with van der Waals surface area (Å²) in [4.78, 5) is 2.51. The summed E-state index contributed by atoms with van der Waals surface area (Å²) >= 11 is 0. The number of piperidine rings is 1. The van der Waals surface area contributed by atoms with Crippen LogP contribution >= 0.6 is 0 Å². The first-order valence-electron chi connectivity index (χ1n) is 12.9. The van der Waals surface area contributed by atoms with E-state index in [2.05, 4.69) is 65.6 Å². The number of nitrogens with zero attached hydrogens (tertiary/aromatic N) is 1. The Morgan fingerprint density at radius 1 is 0.722 bits per heavy atom. The number of hydrogen-bond donors (Lipinski definition) is 0. The van der Waals surface area contributed by atoms with Gasteiger partial charge in [0.05, 0.1) is 14.2 Å². The van der Waals surface area contributed by atoms with Gasteiger partial charge in [-0.05, 0) is 102 Å². The topological polar surface area (TPSA) is 30.9 Å². The minimum Gasteiger partial charge on any atom is -0.497 e. The normalized spacial score (nSPS) is 14.1. The molecule has 0 N–H and O–H groups in total. The van der Waals surface area contributed by atoms with Crippen LogP contribution < -0.4 is 14.2 Å². The van der Waals surface area contributed by atoms with E-state index in [4.69, 9.17) is 14.2 Å². The van der Waals surface area contributed by atoms with Crippen LogP contribution in [-0.2, 0) is 6.42 Å². The fourth-order valence-electron chi connectivity index (χ4n) is 5.13. The zero-order chi connectivity index (χ0) is 24.7. The molecule has 0 saturated carbocycles. The predicted molar refractivity (Wildman–Crippen MR) is 148 cm³/mol. The van der Waals surface area contributed by atoms with Crippen LogP contribution in [0.4, 0.5) is 0 Å². The monoisotopic (exact) mass is 481 g/mol. The minimum atomic E-state index is 0.741. The number of rotatable bonds is 9. The largest absolute Gasteiger partial charge is 0.497 e. The molecule has 1 aliphatic heterocycles. The number of hydrogen-bond acceptors (Lipinski definition) is 4. The fraction of sp³-hybridized carbons (Fsp3) is 0.312. The second-order valence-electron chi connectivity index (χ2n) is 9.48.